The Hall–Kier alpha value is -0.700. The number of rotatable bonds is 4. The van der Waals surface area contributed by atoms with Crippen molar-refractivity contribution in [3.05, 3.63) is 0 Å². The number of nitrogens with zero attached hydrogens (tertiary/aromatic N) is 2. The van der Waals surface area contributed by atoms with Gasteiger partial charge in [0.25, 0.3) is 0 Å². The molecule has 3 rings (SSSR count). The summed E-state index contributed by atoms with van der Waals surface area (Å²) in [6.07, 6.45) is 5.22. The first kappa shape index (κ1) is 18.1. The maximum Gasteiger partial charge on any atom is 0.169 e. The summed E-state index contributed by atoms with van der Waals surface area (Å²) in [6, 6.07) is 0. The van der Waals surface area contributed by atoms with Gasteiger partial charge in [0.05, 0.1) is 12.2 Å². The maximum absolute atomic E-state index is 5.62. The second kappa shape index (κ2) is 9.12. The van der Waals surface area contributed by atoms with Crippen molar-refractivity contribution < 1.29 is 9.47 Å². The highest BCUT2D eigenvalue weighted by Gasteiger charge is 2.23. The number of ether oxygens (including phenoxy) is 2. The van der Waals surface area contributed by atoms with E-state index in [2.05, 4.69) is 20.4 Å². The molecule has 2 atom stereocenters. The smallest absolute Gasteiger partial charge is 0.169 e. The molecular weight excluding hydrogens is 344 g/mol. The third-order valence-corrected chi connectivity index (χ3v) is 5.67. The van der Waals surface area contributed by atoms with Gasteiger partial charge in [0.15, 0.2) is 10.2 Å². The number of nitrogens with one attached hydrogen (secondary N) is 2. The molecule has 8 heteroatoms. The summed E-state index contributed by atoms with van der Waals surface area (Å²) < 4.78 is 11.2. The fourth-order valence-corrected chi connectivity index (χ4v) is 3.88. The van der Waals surface area contributed by atoms with Crippen LogP contribution in [-0.2, 0) is 9.47 Å². The van der Waals surface area contributed by atoms with Crippen LogP contribution in [-0.4, -0.2) is 84.7 Å². The van der Waals surface area contributed by atoms with E-state index in [0.29, 0.717) is 12.2 Å². The molecule has 0 radical (unpaired) electrons. The van der Waals surface area contributed by atoms with Gasteiger partial charge < -0.3 is 29.9 Å². The molecule has 136 valence electrons. The monoisotopic (exact) mass is 372 g/mol. The van der Waals surface area contributed by atoms with Crippen molar-refractivity contribution in [2.24, 2.45) is 0 Å². The fourth-order valence-electron chi connectivity index (χ4n) is 3.35. The van der Waals surface area contributed by atoms with Gasteiger partial charge in [-0.25, -0.2) is 0 Å². The minimum atomic E-state index is 0.318. The third-order valence-electron chi connectivity index (χ3n) is 4.86. The molecule has 3 aliphatic rings. The van der Waals surface area contributed by atoms with Gasteiger partial charge in [-0.05, 0) is 50.1 Å². The summed E-state index contributed by atoms with van der Waals surface area (Å²) in [5.74, 6) is 0. The van der Waals surface area contributed by atoms with E-state index in [1.54, 1.807) is 0 Å². The molecule has 2 N–H and O–H groups in total. The van der Waals surface area contributed by atoms with Crippen LogP contribution in [0.2, 0.25) is 0 Å². The molecule has 0 saturated carbocycles. The molecule has 3 aliphatic heterocycles. The Kier molecular flexibility index (Phi) is 6.88. The quantitative estimate of drug-likeness (QED) is 0.700. The number of thiocarbonyl (C=S) groups is 2. The molecule has 0 spiro atoms. The molecular formula is C16H28N4O2S2. The molecule has 3 saturated heterocycles. The summed E-state index contributed by atoms with van der Waals surface area (Å²) >= 11 is 11.0. The lowest BCUT2D eigenvalue weighted by atomic mass is 10.2. The van der Waals surface area contributed by atoms with Crippen LogP contribution < -0.4 is 10.6 Å². The first-order chi connectivity index (χ1) is 11.7. The number of hydrogen-bond acceptors (Lipinski definition) is 4. The Morgan fingerprint density at radius 2 is 1.21 bits per heavy atom. The zero-order valence-corrected chi connectivity index (χ0v) is 15.8. The summed E-state index contributed by atoms with van der Waals surface area (Å²) in [4.78, 5) is 4.45. The van der Waals surface area contributed by atoms with Gasteiger partial charge in [-0.2, -0.15) is 0 Å². The predicted molar refractivity (Wildman–Crippen MR) is 102 cm³/mol. The van der Waals surface area contributed by atoms with Gasteiger partial charge in [0, 0.05) is 52.5 Å². The maximum atomic E-state index is 5.62. The van der Waals surface area contributed by atoms with Crippen molar-refractivity contribution in [3.8, 4) is 0 Å². The van der Waals surface area contributed by atoms with E-state index in [1.807, 2.05) is 0 Å². The van der Waals surface area contributed by atoms with E-state index in [-0.39, 0.29) is 0 Å². The van der Waals surface area contributed by atoms with E-state index in [0.717, 1.165) is 88.4 Å². The first-order valence-corrected chi connectivity index (χ1v) is 9.83. The highest BCUT2D eigenvalue weighted by Crippen LogP contribution is 2.12. The molecule has 0 aliphatic carbocycles. The van der Waals surface area contributed by atoms with E-state index in [1.165, 1.54) is 0 Å². The average Bonchev–Trinajstić information content (AvgIpc) is 3.31. The lowest BCUT2D eigenvalue weighted by Crippen LogP contribution is -2.55. The van der Waals surface area contributed by atoms with E-state index in [9.17, 15) is 0 Å². The van der Waals surface area contributed by atoms with Crippen LogP contribution in [0.3, 0.4) is 0 Å². The average molecular weight is 373 g/mol. The molecule has 0 unspecified atom stereocenters. The molecule has 3 fully saturated rings. The first-order valence-electron chi connectivity index (χ1n) is 9.01. The Morgan fingerprint density at radius 1 is 0.792 bits per heavy atom. The molecule has 0 amide bonds. The van der Waals surface area contributed by atoms with Gasteiger partial charge in [-0.3, -0.25) is 0 Å². The van der Waals surface area contributed by atoms with E-state index >= 15 is 0 Å². The molecule has 6 nitrogen and oxygen atoms in total. The van der Waals surface area contributed by atoms with Crippen molar-refractivity contribution >= 4 is 34.7 Å². The van der Waals surface area contributed by atoms with Crippen molar-refractivity contribution in [1.29, 1.82) is 0 Å². The molecule has 24 heavy (non-hydrogen) atoms. The molecule has 3 heterocycles. The van der Waals surface area contributed by atoms with Crippen molar-refractivity contribution in [2.75, 3.05) is 52.5 Å². The minimum Gasteiger partial charge on any atom is -0.376 e. The SMILES string of the molecule is S=C(NC[C@H]1CCCO1)N1CCN(C(=S)NC[C@@H]2CCCO2)CC1. The van der Waals surface area contributed by atoms with Crippen molar-refractivity contribution in [3.63, 3.8) is 0 Å². The minimum absolute atomic E-state index is 0.318. The summed E-state index contributed by atoms with van der Waals surface area (Å²) in [6.45, 7) is 7.01. The summed E-state index contributed by atoms with van der Waals surface area (Å²) in [7, 11) is 0. The van der Waals surface area contributed by atoms with Gasteiger partial charge in [0.2, 0.25) is 0 Å². The lowest BCUT2D eigenvalue weighted by molar-refractivity contribution is 0.112. The normalized spacial score (nSPS) is 27.3. The number of hydrogen-bond donors (Lipinski definition) is 2. The van der Waals surface area contributed by atoms with Crippen LogP contribution in [0.15, 0.2) is 0 Å². The topological polar surface area (TPSA) is 49.0 Å². The zero-order chi connectivity index (χ0) is 16.8. The van der Waals surface area contributed by atoms with Gasteiger partial charge in [-0.1, -0.05) is 0 Å². The molecule has 0 aromatic carbocycles. The second-order valence-corrected chi connectivity index (χ2v) is 7.39. The highest BCUT2D eigenvalue weighted by atomic mass is 32.1. The Bertz CT molecular complexity index is 392. The van der Waals surface area contributed by atoms with Crippen molar-refractivity contribution in [2.45, 2.75) is 37.9 Å². The van der Waals surface area contributed by atoms with Crippen LogP contribution in [0, 0.1) is 0 Å². The van der Waals surface area contributed by atoms with E-state index in [4.69, 9.17) is 33.9 Å². The fraction of sp³-hybridized carbons (Fsp3) is 0.875. The summed E-state index contributed by atoms with van der Waals surface area (Å²) in [5.41, 5.74) is 0. The lowest BCUT2D eigenvalue weighted by Gasteiger charge is -2.37. The van der Waals surface area contributed by atoms with Crippen LogP contribution in [0.4, 0.5) is 0 Å². The van der Waals surface area contributed by atoms with Crippen LogP contribution in [0.25, 0.3) is 0 Å². The third kappa shape index (κ3) is 5.15. The van der Waals surface area contributed by atoms with Gasteiger partial charge >= 0.3 is 0 Å². The summed E-state index contributed by atoms with van der Waals surface area (Å²) in [5, 5.41) is 8.37. The van der Waals surface area contributed by atoms with Crippen molar-refractivity contribution in [1.82, 2.24) is 20.4 Å². The van der Waals surface area contributed by atoms with Crippen LogP contribution in [0.1, 0.15) is 25.7 Å². The van der Waals surface area contributed by atoms with E-state index < -0.39 is 0 Å². The Morgan fingerprint density at radius 3 is 1.54 bits per heavy atom. The largest absolute Gasteiger partial charge is 0.376 e. The second-order valence-electron chi connectivity index (χ2n) is 6.62. The van der Waals surface area contributed by atoms with Gasteiger partial charge in [-0.15, -0.1) is 0 Å². The zero-order valence-electron chi connectivity index (χ0n) is 14.2. The highest BCUT2D eigenvalue weighted by molar-refractivity contribution is 7.80. The Balaban J connectivity index is 1.32. The molecule has 0 aromatic rings. The molecule has 0 bridgehead atoms. The molecule has 0 aromatic heterocycles. The number of piperazine rings is 1. The van der Waals surface area contributed by atoms with Crippen LogP contribution in [0.5, 0.6) is 0 Å². The predicted octanol–water partition coefficient (Wildman–Crippen LogP) is 0.711. The Labute approximate surface area is 155 Å². The van der Waals surface area contributed by atoms with Gasteiger partial charge in [0.1, 0.15) is 0 Å². The van der Waals surface area contributed by atoms with Crippen LogP contribution >= 0.6 is 24.4 Å². The standard InChI is InChI=1S/C16H28N4O2S2/c23-15(17-11-13-3-1-9-21-13)19-5-7-20(8-6-19)16(24)18-12-14-4-2-10-22-14/h13-14H,1-12H2,(H,17,23)(H,18,24)/t13-,14+.